The summed E-state index contributed by atoms with van der Waals surface area (Å²) < 4.78 is 72.5. The highest BCUT2D eigenvalue weighted by atomic mass is 19.2. The molecule has 2 N–H and O–H groups in total. The van der Waals surface area contributed by atoms with Gasteiger partial charge in [-0.15, -0.1) is 0 Å². The maximum Gasteiger partial charge on any atom is 0.343 e. The Bertz CT molecular complexity index is 1010. The Labute approximate surface area is 165 Å². The summed E-state index contributed by atoms with van der Waals surface area (Å²) in [7, 11) is 0. The summed E-state index contributed by atoms with van der Waals surface area (Å²) in [5.74, 6) is -15.7. The van der Waals surface area contributed by atoms with Crippen molar-refractivity contribution in [2.24, 2.45) is 5.10 Å². The number of rotatable bonds is 6. The van der Waals surface area contributed by atoms with E-state index in [2.05, 4.69) is 14.8 Å². The average Bonchev–Trinajstić information content (AvgIpc) is 2.74. The van der Waals surface area contributed by atoms with Crippen LogP contribution in [0.4, 0.5) is 22.0 Å². The lowest BCUT2D eigenvalue weighted by molar-refractivity contribution is -0.137. The van der Waals surface area contributed by atoms with Crippen LogP contribution in [0, 0.1) is 29.1 Å². The summed E-state index contributed by atoms with van der Waals surface area (Å²) in [6, 6.07) is 2.81. The van der Waals surface area contributed by atoms with E-state index in [9.17, 15) is 36.6 Å². The van der Waals surface area contributed by atoms with Crippen LogP contribution in [0.15, 0.2) is 35.2 Å². The fraction of sp³-hybridized carbons (Fsp3) is 0.111. The standard InChI is InChI=1S/C18H12F5N3O4/c1-2-30-18(29)9(7-25-26-17(28)8-4-3-5-24-6-8)16(27)10-11(19)13(21)15(23)14(22)12(10)20/h3-7,27H,2H2,1H3,(H,26,28)/b16-9+,25-7+. The zero-order chi connectivity index (χ0) is 22.4. The van der Waals surface area contributed by atoms with Gasteiger partial charge in [0.1, 0.15) is 11.3 Å². The fourth-order valence-corrected chi connectivity index (χ4v) is 2.08. The molecule has 2 rings (SSSR count). The predicted octanol–water partition coefficient (Wildman–Crippen LogP) is 3.03. The molecule has 0 unspecified atom stereocenters. The zero-order valence-electron chi connectivity index (χ0n) is 15.1. The van der Waals surface area contributed by atoms with E-state index >= 15 is 0 Å². The molecule has 0 saturated heterocycles. The lowest BCUT2D eigenvalue weighted by atomic mass is 10.1. The molecule has 0 atom stereocenters. The van der Waals surface area contributed by atoms with Gasteiger partial charge < -0.3 is 9.84 Å². The Morgan fingerprint density at radius 1 is 1.13 bits per heavy atom. The summed E-state index contributed by atoms with van der Waals surface area (Å²) in [5, 5.41) is 13.4. The van der Waals surface area contributed by atoms with Gasteiger partial charge in [0.2, 0.25) is 5.82 Å². The first-order valence-corrected chi connectivity index (χ1v) is 8.06. The average molecular weight is 429 g/mol. The Morgan fingerprint density at radius 2 is 1.73 bits per heavy atom. The Kier molecular flexibility index (Phi) is 7.17. The van der Waals surface area contributed by atoms with E-state index in [0.29, 0.717) is 6.21 Å². The van der Waals surface area contributed by atoms with Crippen LogP contribution in [0.5, 0.6) is 0 Å². The van der Waals surface area contributed by atoms with Crippen molar-refractivity contribution < 1.29 is 41.4 Å². The van der Waals surface area contributed by atoms with E-state index in [1.165, 1.54) is 31.5 Å². The number of hydrogen-bond acceptors (Lipinski definition) is 6. The highest BCUT2D eigenvalue weighted by molar-refractivity contribution is 6.15. The number of nitrogens with one attached hydrogen (secondary N) is 1. The molecule has 30 heavy (non-hydrogen) atoms. The molecule has 7 nitrogen and oxygen atoms in total. The molecule has 0 bridgehead atoms. The van der Waals surface area contributed by atoms with E-state index in [1.807, 2.05) is 5.43 Å². The maximum atomic E-state index is 13.9. The molecular formula is C18H12F5N3O4. The van der Waals surface area contributed by atoms with Gasteiger partial charge in [-0.05, 0) is 19.1 Å². The lowest BCUT2D eigenvalue weighted by Crippen LogP contribution is -2.19. The number of pyridine rings is 1. The van der Waals surface area contributed by atoms with Crippen molar-refractivity contribution in [2.75, 3.05) is 6.61 Å². The number of carbonyl (C=O) groups excluding carboxylic acids is 2. The zero-order valence-corrected chi connectivity index (χ0v) is 15.1. The molecule has 2 aromatic rings. The summed E-state index contributed by atoms with van der Waals surface area (Å²) in [6.07, 6.45) is 3.00. The maximum absolute atomic E-state index is 13.9. The number of benzene rings is 1. The second kappa shape index (κ2) is 9.58. The van der Waals surface area contributed by atoms with Crippen molar-refractivity contribution in [2.45, 2.75) is 6.92 Å². The van der Waals surface area contributed by atoms with Gasteiger partial charge in [0.25, 0.3) is 5.91 Å². The number of amides is 1. The second-order valence-electron chi connectivity index (χ2n) is 5.37. The Hall–Kier alpha value is -3.83. The van der Waals surface area contributed by atoms with Gasteiger partial charge in [-0.1, -0.05) is 0 Å². The van der Waals surface area contributed by atoms with Crippen molar-refractivity contribution in [3.05, 3.63) is 70.3 Å². The third kappa shape index (κ3) is 4.59. The summed E-state index contributed by atoms with van der Waals surface area (Å²) in [5.41, 5.74) is -0.850. The normalized spacial score (nSPS) is 11.9. The molecule has 1 aromatic heterocycles. The number of aromatic nitrogens is 1. The summed E-state index contributed by atoms with van der Waals surface area (Å²) in [6.45, 7) is 1.09. The van der Waals surface area contributed by atoms with E-state index in [4.69, 9.17) is 0 Å². The molecule has 1 amide bonds. The van der Waals surface area contributed by atoms with Gasteiger partial charge in [0, 0.05) is 12.4 Å². The molecule has 0 radical (unpaired) electrons. The summed E-state index contributed by atoms with van der Waals surface area (Å²) >= 11 is 0. The van der Waals surface area contributed by atoms with Gasteiger partial charge in [-0.2, -0.15) is 5.10 Å². The SMILES string of the molecule is CCOC(=O)C(/C=N/NC(=O)c1cccnc1)=C(/O)c1c(F)c(F)c(F)c(F)c1F. The molecule has 0 aliphatic carbocycles. The first kappa shape index (κ1) is 22.5. The minimum Gasteiger partial charge on any atom is -0.506 e. The van der Waals surface area contributed by atoms with E-state index in [-0.39, 0.29) is 12.2 Å². The smallest absolute Gasteiger partial charge is 0.343 e. The molecule has 1 aromatic carbocycles. The third-order valence-corrected chi connectivity index (χ3v) is 3.48. The van der Waals surface area contributed by atoms with Crippen molar-refractivity contribution in [1.29, 1.82) is 0 Å². The third-order valence-electron chi connectivity index (χ3n) is 3.48. The Morgan fingerprint density at radius 3 is 2.27 bits per heavy atom. The molecule has 0 aliphatic rings. The highest BCUT2D eigenvalue weighted by Gasteiger charge is 2.30. The van der Waals surface area contributed by atoms with Gasteiger partial charge in [-0.25, -0.2) is 32.2 Å². The topological polar surface area (TPSA) is 101 Å². The molecule has 0 fully saturated rings. The van der Waals surface area contributed by atoms with Crippen LogP contribution in [0.25, 0.3) is 5.76 Å². The van der Waals surface area contributed by atoms with Crippen LogP contribution in [0.1, 0.15) is 22.8 Å². The number of esters is 1. The van der Waals surface area contributed by atoms with E-state index < -0.39 is 57.9 Å². The number of hydrazone groups is 1. The highest BCUT2D eigenvalue weighted by Crippen LogP contribution is 2.28. The van der Waals surface area contributed by atoms with Crippen LogP contribution < -0.4 is 5.43 Å². The number of carbonyl (C=O) groups is 2. The second-order valence-corrected chi connectivity index (χ2v) is 5.37. The van der Waals surface area contributed by atoms with Crippen molar-refractivity contribution in [3.8, 4) is 0 Å². The first-order valence-electron chi connectivity index (χ1n) is 8.06. The van der Waals surface area contributed by atoms with Crippen LogP contribution >= 0.6 is 0 Å². The molecule has 12 heteroatoms. The number of hydrogen-bond donors (Lipinski definition) is 2. The quantitative estimate of drug-likeness (QED) is 0.107. The van der Waals surface area contributed by atoms with Crippen molar-refractivity contribution in [3.63, 3.8) is 0 Å². The van der Waals surface area contributed by atoms with Crippen LogP contribution in [-0.2, 0) is 9.53 Å². The van der Waals surface area contributed by atoms with Gasteiger partial charge in [0.15, 0.2) is 23.3 Å². The van der Waals surface area contributed by atoms with Crippen molar-refractivity contribution in [1.82, 2.24) is 10.4 Å². The van der Waals surface area contributed by atoms with Crippen LogP contribution in [0.3, 0.4) is 0 Å². The molecular weight excluding hydrogens is 417 g/mol. The molecule has 0 aliphatic heterocycles. The van der Waals surface area contributed by atoms with Crippen LogP contribution in [0.2, 0.25) is 0 Å². The molecule has 0 spiro atoms. The fourth-order valence-electron chi connectivity index (χ4n) is 2.08. The van der Waals surface area contributed by atoms with E-state index in [0.717, 1.165) is 0 Å². The minimum atomic E-state index is -2.45. The lowest BCUT2D eigenvalue weighted by Gasteiger charge is -2.10. The largest absolute Gasteiger partial charge is 0.506 e. The Balaban J connectivity index is 2.50. The number of nitrogens with zero attached hydrogens (tertiary/aromatic N) is 2. The monoisotopic (exact) mass is 429 g/mol. The van der Waals surface area contributed by atoms with E-state index in [1.54, 1.807) is 0 Å². The number of halogens is 5. The first-order chi connectivity index (χ1) is 14.2. The predicted molar refractivity (Wildman–Crippen MR) is 92.6 cm³/mol. The van der Waals surface area contributed by atoms with Crippen molar-refractivity contribution >= 4 is 23.9 Å². The number of ether oxygens (including phenoxy) is 1. The van der Waals surface area contributed by atoms with Gasteiger partial charge >= 0.3 is 5.97 Å². The molecule has 0 saturated carbocycles. The molecule has 1 heterocycles. The van der Waals surface area contributed by atoms with Gasteiger partial charge in [0.05, 0.1) is 23.9 Å². The molecule has 158 valence electrons. The van der Waals surface area contributed by atoms with Crippen LogP contribution in [-0.4, -0.2) is 34.8 Å². The number of aliphatic hydroxyl groups excluding tert-OH is 1. The van der Waals surface area contributed by atoms with Gasteiger partial charge in [-0.3, -0.25) is 9.78 Å². The number of aliphatic hydroxyl groups is 1. The minimum absolute atomic E-state index is 0.0558. The summed E-state index contributed by atoms with van der Waals surface area (Å²) in [4.78, 5) is 27.6.